The topological polar surface area (TPSA) is 60.3 Å². The van der Waals surface area contributed by atoms with E-state index < -0.39 is 0 Å². The summed E-state index contributed by atoms with van der Waals surface area (Å²) in [4.78, 5) is 25.0. The average Bonchev–Trinajstić information content (AvgIpc) is 3.35. The first-order valence-electron chi connectivity index (χ1n) is 12.7. The smallest absolute Gasteiger partial charge is 0.308 e. The fourth-order valence-electron chi connectivity index (χ4n) is 5.31. The summed E-state index contributed by atoms with van der Waals surface area (Å²) in [5.41, 5.74) is 5.23. The third-order valence-corrected chi connectivity index (χ3v) is 7.38. The van der Waals surface area contributed by atoms with Crippen LogP contribution < -0.4 is 5.32 Å². The second kappa shape index (κ2) is 10.8. The first kappa shape index (κ1) is 23.9. The fourth-order valence-corrected chi connectivity index (χ4v) is 5.31. The van der Waals surface area contributed by atoms with Crippen molar-refractivity contribution in [2.75, 3.05) is 13.7 Å². The quantitative estimate of drug-likeness (QED) is 0.327. The molecule has 184 valence electrons. The minimum atomic E-state index is -0.111. The van der Waals surface area contributed by atoms with Gasteiger partial charge < -0.3 is 14.6 Å². The van der Waals surface area contributed by atoms with E-state index in [9.17, 15) is 9.59 Å². The highest BCUT2D eigenvalue weighted by Crippen LogP contribution is 2.29. The number of esters is 1. The summed E-state index contributed by atoms with van der Waals surface area (Å²) in [5, 5.41) is 4.21. The van der Waals surface area contributed by atoms with Crippen molar-refractivity contribution in [3.63, 3.8) is 0 Å². The van der Waals surface area contributed by atoms with Crippen LogP contribution in [-0.4, -0.2) is 30.1 Å². The molecule has 36 heavy (non-hydrogen) atoms. The minimum absolute atomic E-state index is 0.000681. The van der Waals surface area contributed by atoms with Crippen LogP contribution in [-0.2, 0) is 16.1 Å². The largest absolute Gasteiger partial charge is 0.469 e. The maximum absolute atomic E-state index is 13.2. The predicted molar refractivity (Wildman–Crippen MR) is 143 cm³/mol. The van der Waals surface area contributed by atoms with Gasteiger partial charge in [-0.2, -0.15) is 0 Å². The highest BCUT2D eigenvalue weighted by molar-refractivity contribution is 6.06. The molecule has 0 atom stereocenters. The number of nitrogens with one attached hydrogen (secondary N) is 1. The lowest BCUT2D eigenvalue weighted by molar-refractivity contribution is -0.146. The van der Waals surface area contributed by atoms with Crippen molar-refractivity contribution < 1.29 is 14.3 Å². The van der Waals surface area contributed by atoms with Crippen molar-refractivity contribution in [3.8, 4) is 11.1 Å². The summed E-state index contributed by atoms with van der Waals surface area (Å²) in [6, 6.07) is 26.9. The molecule has 5 rings (SSSR count). The van der Waals surface area contributed by atoms with E-state index in [1.54, 1.807) is 0 Å². The number of hydrogen-bond acceptors (Lipinski definition) is 3. The SMILES string of the molecule is COC(=O)C1CCC(CNC(=O)c2cccc3ccn(Cc4ccc(-c5ccccc5)cc4)c23)CC1. The lowest BCUT2D eigenvalue weighted by Gasteiger charge is -2.27. The summed E-state index contributed by atoms with van der Waals surface area (Å²) in [6.45, 7) is 1.32. The highest BCUT2D eigenvalue weighted by atomic mass is 16.5. The molecule has 4 aromatic rings. The molecule has 1 aliphatic rings. The van der Waals surface area contributed by atoms with Crippen molar-refractivity contribution >= 4 is 22.8 Å². The number of para-hydroxylation sites is 1. The van der Waals surface area contributed by atoms with Gasteiger partial charge in [-0.3, -0.25) is 9.59 Å². The van der Waals surface area contributed by atoms with Crippen molar-refractivity contribution in [3.05, 3.63) is 96.2 Å². The van der Waals surface area contributed by atoms with Gasteiger partial charge in [-0.15, -0.1) is 0 Å². The van der Waals surface area contributed by atoms with Crippen LogP contribution in [0.1, 0.15) is 41.6 Å². The van der Waals surface area contributed by atoms with Gasteiger partial charge in [0.25, 0.3) is 5.91 Å². The van der Waals surface area contributed by atoms with Gasteiger partial charge in [0.2, 0.25) is 0 Å². The minimum Gasteiger partial charge on any atom is -0.469 e. The zero-order chi connectivity index (χ0) is 24.9. The first-order valence-corrected chi connectivity index (χ1v) is 12.7. The summed E-state index contributed by atoms with van der Waals surface area (Å²) < 4.78 is 7.04. The Bertz CT molecular complexity index is 1330. The Morgan fingerprint density at radius 3 is 2.31 bits per heavy atom. The molecule has 0 unspecified atom stereocenters. The van der Waals surface area contributed by atoms with E-state index in [-0.39, 0.29) is 17.8 Å². The number of carbonyl (C=O) groups excluding carboxylic acids is 2. The number of carbonyl (C=O) groups is 2. The number of rotatable bonds is 7. The Balaban J connectivity index is 1.27. The average molecular weight is 481 g/mol. The first-order chi connectivity index (χ1) is 17.6. The van der Waals surface area contributed by atoms with Gasteiger partial charge >= 0.3 is 5.97 Å². The third-order valence-electron chi connectivity index (χ3n) is 7.38. The Kier molecular flexibility index (Phi) is 7.17. The molecule has 1 saturated carbocycles. The van der Waals surface area contributed by atoms with Crippen molar-refractivity contribution in [2.45, 2.75) is 32.2 Å². The van der Waals surface area contributed by atoms with E-state index in [1.165, 1.54) is 23.8 Å². The van der Waals surface area contributed by atoms with E-state index in [2.05, 4.69) is 76.7 Å². The number of amides is 1. The van der Waals surface area contributed by atoms with Gasteiger partial charge in [0.05, 0.1) is 24.1 Å². The van der Waals surface area contributed by atoms with Crippen molar-refractivity contribution in [2.24, 2.45) is 11.8 Å². The Hall–Kier alpha value is -3.86. The van der Waals surface area contributed by atoms with Gasteiger partial charge in [0.1, 0.15) is 0 Å². The second-order valence-corrected chi connectivity index (χ2v) is 9.70. The van der Waals surface area contributed by atoms with Crippen molar-refractivity contribution in [1.29, 1.82) is 0 Å². The van der Waals surface area contributed by atoms with E-state index in [0.717, 1.165) is 36.6 Å². The Morgan fingerprint density at radius 1 is 0.861 bits per heavy atom. The van der Waals surface area contributed by atoms with Crippen LogP contribution in [0.3, 0.4) is 0 Å². The molecule has 0 spiro atoms. The molecule has 1 N–H and O–H groups in total. The second-order valence-electron chi connectivity index (χ2n) is 9.70. The maximum atomic E-state index is 13.2. The highest BCUT2D eigenvalue weighted by Gasteiger charge is 2.27. The van der Waals surface area contributed by atoms with Gasteiger partial charge in [-0.25, -0.2) is 0 Å². The Labute approximate surface area is 212 Å². The lowest BCUT2D eigenvalue weighted by Crippen LogP contribution is -2.33. The molecule has 1 amide bonds. The lowest BCUT2D eigenvalue weighted by atomic mass is 9.82. The number of methoxy groups -OCH3 is 1. The predicted octanol–water partition coefficient (Wildman–Crippen LogP) is 6.07. The standard InChI is InChI=1S/C31H32N2O3/c1-36-31(35)27-16-10-22(11-17-27)20-32-30(34)28-9-5-8-26-18-19-33(29(26)28)21-23-12-14-25(15-13-23)24-6-3-2-4-7-24/h2-9,12-15,18-19,22,27H,10-11,16-17,20-21H2,1H3,(H,32,34). The molecule has 1 aromatic heterocycles. The van der Waals surface area contributed by atoms with Crippen LogP contribution in [0, 0.1) is 11.8 Å². The zero-order valence-electron chi connectivity index (χ0n) is 20.7. The molecule has 0 bridgehead atoms. The van der Waals surface area contributed by atoms with Crippen molar-refractivity contribution in [1.82, 2.24) is 9.88 Å². The Morgan fingerprint density at radius 2 is 1.58 bits per heavy atom. The summed E-state index contributed by atoms with van der Waals surface area (Å²) >= 11 is 0. The molecule has 3 aromatic carbocycles. The fraction of sp³-hybridized carbons (Fsp3) is 0.290. The monoisotopic (exact) mass is 480 g/mol. The van der Waals surface area contributed by atoms with Crippen LogP contribution in [0.5, 0.6) is 0 Å². The molecular weight excluding hydrogens is 448 g/mol. The van der Waals surface area contributed by atoms with E-state index in [0.29, 0.717) is 24.6 Å². The van der Waals surface area contributed by atoms with Crippen LogP contribution in [0.4, 0.5) is 0 Å². The van der Waals surface area contributed by atoms with E-state index in [4.69, 9.17) is 4.74 Å². The van der Waals surface area contributed by atoms with Gasteiger partial charge in [-0.1, -0.05) is 66.7 Å². The molecule has 5 heteroatoms. The summed E-state index contributed by atoms with van der Waals surface area (Å²) in [6.07, 6.45) is 5.57. The normalized spacial score (nSPS) is 17.6. The molecule has 1 fully saturated rings. The summed E-state index contributed by atoms with van der Waals surface area (Å²) in [5.74, 6) is 0.236. The van der Waals surface area contributed by atoms with Gasteiger partial charge in [0.15, 0.2) is 0 Å². The van der Waals surface area contributed by atoms with E-state index in [1.807, 2.05) is 18.2 Å². The number of nitrogens with zero attached hydrogens (tertiary/aromatic N) is 1. The number of ether oxygens (including phenoxy) is 1. The van der Waals surface area contributed by atoms with E-state index >= 15 is 0 Å². The molecular formula is C31H32N2O3. The number of aromatic nitrogens is 1. The van der Waals surface area contributed by atoms with Crippen LogP contribution in [0.15, 0.2) is 85.1 Å². The molecule has 1 heterocycles. The molecule has 1 aliphatic carbocycles. The summed E-state index contributed by atoms with van der Waals surface area (Å²) in [7, 11) is 1.45. The van der Waals surface area contributed by atoms with Crippen LogP contribution >= 0.6 is 0 Å². The number of hydrogen-bond donors (Lipinski definition) is 1. The number of fused-ring (bicyclic) bond motifs is 1. The van der Waals surface area contributed by atoms with Gasteiger partial charge in [-0.05, 0) is 60.4 Å². The maximum Gasteiger partial charge on any atom is 0.308 e. The molecule has 5 nitrogen and oxygen atoms in total. The molecule has 0 saturated heterocycles. The molecule has 0 radical (unpaired) electrons. The van der Waals surface area contributed by atoms with Crippen LogP contribution in [0.25, 0.3) is 22.0 Å². The molecule has 0 aliphatic heterocycles. The van der Waals surface area contributed by atoms with Crippen LogP contribution in [0.2, 0.25) is 0 Å². The third kappa shape index (κ3) is 5.20. The van der Waals surface area contributed by atoms with Gasteiger partial charge in [0, 0.05) is 24.7 Å². The zero-order valence-corrected chi connectivity index (χ0v) is 20.7. The number of benzene rings is 3.